The van der Waals surface area contributed by atoms with Gasteiger partial charge in [0.05, 0.1) is 13.2 Å². The molecule has 1 saturated heterocycles. The maximum absolute atomic E-state index is 5.81. The van der Waals surface area contributed by atoms with Gasteiger partial charge in [0.15, 0.2) is 0 Å². The van der Waals surface area contributed by atoms with E-state index in [1.807, 2.05) is 0 Å². The molecule has 1 aliphatic rings. The molecule has 1 aliphatic heterocycles. The van der Waals surface area contributed by atoms with Crippen LogP contribution in [0.2, 0.25) is 0 Å². The number of halogens is 1. The van der Waals surface area contributed by atoms with Gasteiger partial charge in [-0.05, 0) is 62.4 Å². The quantitative estimate of drug-likeness (QED) is 0.839. The average Bonchev–Trinajstić information content (AvgIpc) is 2.47. The highest BCUT2D eigenvalue weighted by Gasteiger charge is 2.12. The van der Waals surface area contributed by atoms with Crippen LogP contribution < -0.4 is 10.1 Å². The van der Waals surface area contributed by atoms with Gasteiger partial charge in [0, 0.05) is 7.11 Å². The van der Waals surface area contributed by atoms with Crippen LogP contribution in [0.25, 0.3) is 0 Å². The lowest BCUT2D eigenvalue weighted by Gasteiger charge is -2.22. The van der Waals surface area contributed by atoms with Crippen molar-refractivity contribution < 1.29 is 9.47 Å². The lowest BCUT2D eigenvalue weighted by Crippen LogP contribution is -2.30. The molecule has 1 fully saturated rings. The van der Waals surface area contributed by atoms with E-state index in [1.54, 1.807) is 7.11 Å². The van der Waals surface area contributed by atoms with E-state index in [9.17, 15) is 0 Å². The molecule has 0 aromatic heterocycles. The number of hydrogen-bond donors (Lipinski definition) is 1. The Labute approximate surface area is 128 Å². The molecule has 1 aromatic rings. The first-order chi connectivity index (χ1) is 9.38. The summed E-state index contributed by atoms with van der Waals surface area (Å²) in [5, 5.41) is 3.44. The van der Waals surface area contributed by atoms with E-state index in [2.05, 4.69) is 29.6 Å². The van der Waals surface area contributed by atoms with Crippen LogP contribution >= 0.6 is 12.4 Å². The fourth-order valence-corrected chi connectivity index (χ4v) is 2.49. The molecule has 1 heterocycles. The molecule has 114 valence electrons. The first kappa shape index (κ1) is 17.3. The molecule has 3 nitrogen and oxygen atoms in total. The Hall–Kier alpha value is -0.770. The SMILES string of the molecule is COCCc1ccc(OCCC2CCCNC2)cc1.Cl. The summed E-state index contributed by atoms with van der Waals surface area (Å²) < 4.78 is 10.9. The molecular weight excluding hydrogens is 274 g/mol. The summed E-state index contributed by atoms with van der Waals surface area (Å²) in [4.78, 5) is 0. The number of rotatable bonds is 7. The summed E-state index contributed by atoms with van der Waals surface area (Å²) in [6.07, 6.45) is 4.76. The number of methoxy groups -OCH3 is 1. The standard InChI is InChI=1S/C16H25NO2.ClH/c1-18-11-8-14-4-6-16(7-5-14)19-12-9-15-3-2-10-17-13-15;/h4-7,15,17H,2-3,8-13H2,1H3;1H. The van der Waals surface area contributed by atoms with E-state index < -0.39 is 0 Å². The van der Waals surface area contributed by atoms with Gasteiger partial charge in [-0.15, -0.1) is 12.4 Å². The van der Waals surface area contributed by atoms with Crippen LogP contribution in [0.3, 0.4) is 0 Å². The van der Waals surface area contributed by atoms with Gasteiger partial charge in [0.25, 0.3) is 0 Å². The third-order valence-electron chi connectivity index (χ3n) is 3.71. The van der Waals surface area contributed by atoms with Gasteiger partial charge < -0.3 is 14.8 Å². The van der Waals surface area contributed by atoms with Gasteiger partial charge in [0.1, 0.15) is 5.75 Å². The second-order valence-electron chi connectivity index (χ2n) is 5.24. The van der Waals surface area contributed by atoms with Crippen molar-refractivity contribution in [1.29, 1.82) is 0 Å². The van der Waals surface area contributed by atoms with E-state index in [0.29, 0.717) is 0 Å². The summed E-state index contributed by atoms with van der Waals surface area (Å²) in [6, 6.07) is 8.36. The fraction of sp³-hybridized carbons (Fsp3) is 0.625. The molecule has 0 spiro atoms. The molecule has 1 N–H and O–H groups in total. The highest BCUT2D eigenvalue weighted by molar-refractivity contribution is 5.85. The molecule has 0 radical (unpaired) electrons. The summed E-state index contributed by atoms with van der Waals surface area (Å²) in [5.74, 6) is 1.76. The molecule has 0 aliphatic carbocycles. The average molecular weight is 300 g/mol. The zero-order chi connectivity index (χ0) is 13.3. The molecule has 0 bridgehead atoms. The van der Waals surface area contributed by atoms with E-state index in [1.165, 1.54) is 24.9 Å². The molecule has 20 heavy (non-hydrogen) atoms. The monoisotopic (exact) mass is 299 g/mol. The summed E-state index contributed by atoms with van der Waals surface area (Å²) in [7, 11) is 1.73. The minimum Gasteiger partial charge on any atom is -0.494 e. The van der Waals surface area contributed by atoms with Crippen molar-refractivity contribution in [3.8, 4) is 5.75 Å². The van der Waals surface area contributed by atoms with Crippen molar-refractivity contribution >= 4 is 12.4 Å². The molecule has 1 atom stereocenters. The molecule has 1 aromatic carbocycles. The smallest absolute Gasteiger partial charge is 0.119 e. The number of hydrogen-bond acceptors (Lipinski definition) is 3. The minimum atomic E-state index is 0. The van der Waals surface area contributed by atoms with Crippen molar-refractivity contribution in [2.24, 2.45) is 5.92 Å². The zero-order valence-corrected chi connectivity index (χ0v) is 13.1. The van der Waals surface area contributed by atoms with Gasteiger partial charge in [-0.3, -0.25) is 0 Å². The van der Waals surface area contributed by atoms with Crippen LogP contribution in [0.5, 0.6) is 5.75 Å². The Kier molecular flexibility index (Phi) is 8.67. The molecule has 1 unspecified atom stereocenters. The third kappa shape index (κ3) is 6.12. The van der Waals surface area contributed by atoms with Gasteiger partial charge in [-0.2, -0.15) is 0 Å². The highest BCUT2D eigenvalue weighted by Crippen LogP contribution is 2.16. The van der Waals surface area contributed by atoms with Crippen LogP contribution in [0.15, 0.2) is 24.3 Å². The maximum atomic E-state index is 5.81. The minimum absolute atomic E-state index is 0. The molecule has 4 heteroatoms. The molecular formula is C16H26ClNO2. The van der Waals surface area contributed by atoms with Gasteiger partial charge in [-0.25, -0.2) is 0 Å². The molecule has 0 amide bonds. The van der Waals surface area contributed by atoms with Crippen LogP contribution in [0.4, 0.5) is 0 Å². The summed E-state index contributed by atoms with van der Waals surface area (Å²) in [5.41, 5.74) is 1.30. The Morgan fingerprint density at radius 2 is 2.00 bits per heavy atom. The van der Waals surface area contributed by atoms with Crippen LogP contribution in [0.1, 0.15) is 24.8 Å². The predicted octanol–water partition coefficient (Wildman–Crippen LogP) is 3.07. The Bertz CT molecular complexity index is 350. The van der Waals surface area contributed by atoms with Crippen molar-refractivity contribution in [3.63, 3.8) is 0 Å². The normalized spacial score (nSPS) is 18.4. The molecule has 0 saturated carbocycles. The van der Waals surface area contributed by atoms with Crippen molar-refractivity contribution in [3.05, 3.63) is 29.8 Å². The van der Waals surface area contributed by atoms with Crippen LogP contribution in [-0.4, -0.2) is 33.4 Å². The second kappa shape index (κ2) is 10.0. The van der Waals surface area contributed by atoms with E-state index in [-0.39, 0.29) is 12.4 Å². The largest absolute Gasteiger partial charge is 0.494 e. The number of ether oxygens (including phenoxy) is 2. The second-order valence-corrected chi connectivity index (χ2v) is 5.24. The number of nitrogens with one attached hydrogen (secondary N) is 1. The van der Waals surface area contributed by atoms with E-state index >= 15 is 0 Å². The van der Waals surface area contributed by atoms with E-state index in [0.717, 1.165) is 44.3 Å². The maximum Gasteiger partial charge on any atom is 0.119 e. The van der Waals surface area contributed by atoms with Crippen molar-refractivity contribution in [2.75, 3.05) is 33.4 Å². The van der Waals surface area contributed by atoms with E-state index in [4.69, 9.17) is 9.47 Å². The van der Waals surface area contributed by atoms with Crippen molar-refractivity contribution in [2.45, 2.75) is 25.7 Å². The summed E-state index contributed by atoms with van der Waals surface area (Å²) in [6.45, 7) is 3.93. The lowest BCUT2D eigenvalue weighted by atomic mass is 9.97. The topological polar surface area (TPSA) is 30.5 Å². The predicted molar refractivity (Wildman–Crippen MR) is 85.0 cm³/mol. The van der Waals surface area contributed by atoms with Crippen molar-refractivity contribution in [1.82, 2.24) is 5.32 Å². The lowest BCUT2D eigenvalue weighted by molar-refractivity contribution is 0.202. The van der Waals surface area contributed by atoms with Crippen LogP contribution in [-0.2, 0) is 11.2 Å². The fourth-order valence-electron chi connectivity index (χ4n) is 2.49. The first-order valence-corrected chi connectivity index (χ1v) is 7.30. The highest BCUT2D eigenvalue weighted by atomic mass is 35.5. The van der Waals surface area contributed by atoms with Crippen LogP contribution in [0, 0.1) is 5.92 Å². The first-order valence-electron chi connectivity index (χ1n) is 7.30. The van der Waals surface area contributed by atoms with Gasteiger partial charge in [-0.1, -0.05) is 12.1 Å². The summed E-state index contributed by atoms with van der Waals surface area (Å²) >= 11 is 0. The Balaban J connectivity index is 0.00000200. The Morgan fingerprint density at radius 1 is 1.20 bits per heavy atom. The third-order valence-corrected chi connectivity index (χ3v) is 3.71. The zero-order valence-electron chi connectivity index (χ0n) is 12.3. The number of benzene rings is 1. The number of piperidine rings is 1. The van der Waals surface area contributed by atoms with Gasteiger partial charge in [0.2, 0.25) is 0 Å². The Morgan fingerprint density at radius 3 is 2.65 bits per heavy atom. The molecule has 2 rings (SSSR count). The van der Waals surface area contributed by atoms with Gasteiger partial charge >= 0.3 is 0 Å².